The van der Waals surface area contributed by atoms with Crippen LogP contribution < -0.4 is 10.1 Å². The number of pyridine rings is 1. The highest BCUT2D eigenvalue weighted by Crippen LogP contribution is 2.30. The molecule has 2 amide bonds. The SMILES string of the molecule is CC(C)(C)OC(=O)NC(C(=O)N1C[C@H](Oc2nccc3ccccc23)C[C@H]1C(=O)O)C(C)(C)C. The number of hydrogen-bond donors (Lipinski definition) is 2. The van der Waals surface area contributed by atoms with Crippen molar-refractivity contribution in [3.8, 4) is 5.88 Å². The summed E-state index contributed by atoms with van der Waals surface area (Å²) in [4.78, 5) is 43.6. The molecule has 0 radical (unpaired) electrons. The third kappa shape index (κ3) is 5.95. The van der Waals surface area contributed by atoms with Crippen molar-refractivity contribution in [2.45, 2.75) is 71.8 Å². The summed E-state index contributed by atoms with van der Waals surface area (Å²) in [6, 6.07) is 7.39. The summed E-state index contributed by atoms with van der Waals surface area (Å²) in [6.07, 6.45) is 0.435. The van der Waals surface area contributed by atoms with E-state index in [1.54, 1.807) is 47.7 Å². The molecule has 9 heteroatoms. The highest BCUT2D eigenvalue weighted by Gasteiger charge is 2.46. The molecular weight excluding hydrogens is 438 g/mol. The van der Waals surface area contributed by atoms with E-state index >= 15 is 0 Å². The third-order valence-corrected chi connectivity index (χ3v) is 5.52. The van der Waals surface area contributed by atoms with Crippen LogP contribution in [-0.2, 0) is 14.3 Å². The molecule has 0 aliphatic carbocycles. The Morgan fingerprint density at radius 1 is 1.12 bits per heavy atom. The van der Waals surface area contributed by atoms with Crippen molar-refractivity contribution in [3.63, 3.8) is 0 Å². The Morgan fingerprint density at radius 3 is 2.41 bits per heavy atom. The van der Waals surface area contributed by atoms with Crippen molar-refractivity contribution in [2.24, 2.45) is 5.41 Å². The second-order valence-electron chi connectivity index (χ2n) is 10.6. The first kappa shape index (κ1) is 25.3. The lowest BCUT2D eigenvalue weighted by Crippen LogP contribution is -2.57. The highest BCUT2D eigenvalue weighted by atomic mass is 16.6. The van der Waals surface area contributed by atoms with E-state index in [-0.39, 0.29) is 13.0 Å². The van der Waals surface area contributed by atoms with Gasteiger partial charge in [0.05, 0.1) is 6.54 Å². The zero-order valence-electron chi connectivity index (χ0n) is 20.5. The number of amides is 2. The minimum Gasteiger partial charge on any atom is -0.480 e. The number of likely N-dealkylation sites (tertiary alicyclic amines) is 1. The Kier molecular flexibility index (Phi) is 7.05. The maximum Gasteiger partial charge on any atom is 0.408 e. The molecule has 1 unspecified atom stereocenters. The zero-order valence-corrected chi connectivity index (χ0v) is 20.5. The highest BCUT2D eigenvalue weighted by molar-refractivity contribution is 5.90. The van der Waals surface area contributed by atoms with Gasteiger partial charge in [-0.2, -0.15) is 0 Å². The molecule has 3 atom stereocenters. The van der Waals surface area contributed by atoms with Crippen LogP contribution in [0.15, 0.2) is 36.5 Å². The molecule has 1 fully saturated rings. The van der Waals surface area contributed by atoms with Crippen LogP contribution in [0.3, 0.4) is 0 Å². The Morgan fingerprint density at radius 2 is 1.79 bits per heavy atom. The topological polar surface area (TPSA) is 118 Å². The molecule has 0 spiro atoms. The molecule has 3 rings (SSSR count). The number of carbonyl (C=O) groups is 3. The van der Waals surface area contributed by atoms with Crippen LogP contribution in [0.2, 0.25) is 0 Å². The number of nitrogens with one attached hydrogen (secondary N) is 1. The molecule has 34 heavy (non-hydrogen) atoms. The van der Waals surface area contributed by atoms with Crippen molar-refractivity contribution in [1.29, 1.82) is 0 Å². The van der Waals surface area contributed by atoms with Gasteiger partial charge in [0.2, 0.25) is 11.8 Å². The van der Waals surface area contributed by atoms with Crippen LogP contribution in [0.5, 0.6) is 5.88 Å². The lowest BCUT2D eigenvalue weighted by atomic mass is 9.85. The monoisotopic (exact) mass is 471 g/mol. The largest absolute Gasteiger partial charge is 0.480 e. The molecule has 9 nitrogen and oxygen atoms in total. The molecule has 1 aromatic carbocycles. The van der Waals surface area contributed by atoms with E-state index in [1.807, 2.05) is 30.3 Å². The van der Waals surface area contributed by atoms with Crippen molar-refractivity contribution < 1.29 is 29.0 Å². The first-order chi connectivity index (χ1) is 15.8. The van der Waals surface area contributed by atoms with Crippen LogP contribution in [0.4, 0.5) is 4.79 Å². The van der Waals surface area contributed by atoms with Crippen molar-refractivity contribution in [1.82, 2.24) is 15.2 Å². The van der Waals surface area contributed by atoms with E-state index in [1.165, 1.54) is 4.90 Å². The second kappa shape index (κ2) is 9.48. The number of aromatic nitrogens is 1. The molecule has 1 aromatic heterocycles. The number of aliphatic carboxylic acids is 1. The van der Waals surface area contributed by atoms with Crippen LogP contribution in [0, 0.1) is 5.41 Å². The fourth-order valence-electron chi connectivity index (χ4n) is 3.94. The molecule has 0 saturated carbocycles. The van der Waals surface area contributed by atoms with Crippen molar-refractivity contribution in [3.05, 3.63) is 36.5 Å². The number of fused-ring (bicyclic) bond motifs is 1. The average Bonchev–Trinajstić information content (AvgIpc) is 3.14. The van der Waals surface area contributed by atoms with E-state index in [2.05, 4.69) is 10.3 Å². The molecule has 0 bridgehead atoms. The Hall–Kier alpha value is -3.36. The van der Waals surface area contributed by atoms with E-state index in [0.717, 1.165) is 10.8 Å². The normalized spacial score (nSPS) is 19.5. The minimum absolute atomic E-state index is 0.0588. The maximum atomic E-state index is 13.5. The fraction of sp³-hybridized carbons (Fsp3) is 0.520. The summed E-state index contributed by atoms with van der Waals surface area (Å²) in [6.45, 7) is 10.6. The van der Waals surface area contributed by atoms with Crippen LogP contribution in [0.1, 0.15) is 48.0 Å². The second-order valence-corrected chi connectivity index (χ2v) is 10.6. The van der Waals surface area contributed by atoms with Gasteiger partial charge in [-0.05, 0) is 43.7 Å². The summed E-state index contributed by atoms with van der Waals surface area (Å²) in [5.74, 6) is -1.24. The van der Waals surface area contributed by atoms with Gasteiger partial charge < -0.3 is 24.8 Å². The van der Waals surface area contributed by atoms with Gasteiger partial charge in [0.15, 0.2) is 0 Å². The third-order valence-electron chi connectivity index (χ3n) is 5.52. The Labute approximate surface area is 199 Å². The maximum absolute atomic E-state index is 13.5. The lowest BCUT2D eigenvalue weighted by Gasteiger charge is -2.35. The Bertz CT molecular complexity index is 1070. The number of carbonyl (C=O) groups excluding carboxylic acids is 2. The summed E-state index contributed by atoms with van der Waals surface area (Å²) in [7, 11) is 0. The van der Waals surface area contributed by atoms with Gasteiger partial charge in [0.1, 0.15) is 23.8 Å². The predicted octanol–water partition coefficient (Wildman–Crippen LogP) is 3.61. The minimum atomic E-state index is -1.13. The summed E-state index contributed by atoms with van der Waals surface area (Å²) in [5.41, 5.74) is -1.43. The van der Waals surface area contributed by atoms with Crippen LogP contribution >= 0.6 is 0 Å². The quantitative estimate of drug-likeness (QED) is 0.684. The molecule has 1 aliphatic rings. The van der Waals surface area contributed by atoms with Gasteiger partial charge in [-0.3, -0.25) is 4.79 Å². The summed E-state index contributed by atoms with van der Waals surface area (Å²) >= 11 is 0. The number of ether oxygens (including phenoxy) is 2. The average molecular weight is 472 g/mol. The number of benzene rings is 1. The molecular formula is C25H33N3O6. The molecule has 2 heterocycles. The first-order valence-corrected chi connectivity index (χ1v) is 11.3. The zero-order chi connectivity index (χ0) is 25.3. The molecule has 2 aromatic rings. The smallest absolute Gasteiger partial charge is 0.408 e. The van der Waals surface area contributed by atoms with Crippen molar-refractivity contribution >= 4 is 28.7 Å². The number of carboxylic acid groups (broad SMARTS) is 1. The van der Waals surface area contributed by atoms with E-state index in [9.17, 15) is 19.5 Å². The van der Waals surface area contributed by atoms with Gasteiger partial charge in [-0.1, -0.05) is 39.0 Å². The van der Waals surface area contributed by atoms with Gasteiger partial charge >= 0.3 is 12.1 Å². The Balaban J connectivity index is 1.82. The van der Waals surface area contributed by atoms with Gasteiger partial charge in [-0.25, -0.2) is 14.6 Å². The van der Waals surface area contributed by atoms with E-state index in [0.29, 0.717) is 5.88 Å². The number of hydrogen-bond acceptors (Lipinski definition) is 6. The molecule has 1 aliphatic heterocycles. The fourth-order valence-corrected chi connectivity index (χ4v) is 3.94. The number of alkyl carbamates (subject to hydrolysis) is 1. The van der Waals surface area contributed by atoms with E-state index in [4.69, 9.17) is 9.47 Å². The standard InChI is InChI=1S/C25H33N3O6/c1-24(2,3)19(27-23(32)34-25(4,5)6)21(29)28-14-16(13-18(28)22(30)31)33-20-17-10-8-7-9-15(17)11-12-26-20/h7-12,16,18-19H,13-14H2,1-6H3,(H,27,32)(H,30,31)/t16-,18+,19?/m1/s1. The van der Waals surface area contributed by atoms with Gasteiger partial charge in [0, 0.05) is 18.0 Å². The van der Waals surface area contributed by atoms with Crippen LogP contribution in [-0.4, -0.2) is 63.3 Å². The summed E-state index contributed by atoms with van der Waals surface area (Å²) < 4.78 is 11.4. The predicted molar refractivity (Wildman–Crippen MR) is 127 cm³/mol. The summed E-state index contributed by atoms with van der Waals surface area (Å²) in [5, 5.41) is 14.2. The van der Waals surface area contributed by atoms with Crippen LogP contribution in [0.25, 0.3) is 10.8 Å². The number of nitrogens with zero attached hydrogens (tertiary/aromatic N) is 2. The van der Waals surface area contributed by atoms with Crippen molar-refractivity contribution in [2.75, 3.05) is 6.54 Å². The van der Waals surface area contributed by atoms with Gasteiger partial charge in [-0.15, -0.1) is 0 Å². The first-order valence-electron chi connectivity index (χ1n) is 11.3. The molecule has 1 saturated heterocycles. The molecule has 2 N–H and O–H groups in total. The number of rotatable bonds is 5. The molecule has 184 valence electrons. The van der Waals surface area contributed by atoms with E-state index < -0.39 is 47.2 Å². The van der Waals surface area contributed by atoms with Gasteiger partial charge in [0.25, 0.3) is 0 Å². The number of carboxylic acids is 1. The lowest BCUT2D eigenvalue weighted by molar-refractivity contribution is -0.150.